The Morgan fingerprint density at radius 3 is 2.62 bits per heavy atom. The molecule has 0 bridgehead atoms. The first-order valence-electron chi connectivity index (χ1n) is 5.43. The third-order valence-corrected chi connectivity index (χ3v) is 2.66. The standard InChI is InChI=1S/C12H18FNO2/c1-3-10(7-15)14-8(2)11-5-4-9(13)6-12(11)16/h4-6,8,10,14-16H,3,7H2,1-2H3/t8?,10-/m1/s1. The van der Waals surface area contributed by atoms with Gasteiger partial charge in [0.2, 0.25) is 0 Å². The van der Waals surface area contributed by atoms with Crippen molar-refractivity contribution in [3.05, 3.63) is 29.6 Å². The van der Waals surface area contributed by atoms with Crippen molar-refractivity contribution in [2.24, 2.45) is 0 Å². The average Bonchev–Trinajstić information content (AvgIpc) is 2.25. The number of benzene rings is 1. The number of aliphatic hydroxyl groups is 1. The van der Waals surface area contributed by atoms with Crippen LogP contribution < -0.4 is 5.32 Å². The molecule has 0 aliphatic carbocycles. The van der Waals surface area contributed by atoms with Crippen molar-refractivity contribution in [1.82, 2.24) is 5.32 Å². The van der Waals surface area contributed by atoms with E-state index in [0.717, 1.165) is 12.5 Å². The van der Waals surface area contributed by atoms with Gasteiger partial charge in [-0.2, -0.15) is 0 Å². The lowest BCUT2D eigenvalue weighted by atomic mass is 10.1. The Morgan fingerprint density at radius 2 is 2.12 bits per heavy atom. The number of hydrogen-bond donors (Lipinski definition) is 3. The number of halogens is 1. The largest absolute Gasteiger partial charge is 0.508 e. The minimum absolute atomic E-state index is 0.0144. The number of rotatable bonds is 5. The zero-order chi connectivity index (χ0) is 12.1. The van der Waals surface area contributed by atoms with Crippen LogP contribution in [0, 0.1) is 5.82 Å². The summed E-state index contributed by atoms with van der Waals surface area (Å²) in [5, 5.41) is 21.8. The Kier molecular flexibility index (Phi) is 4.71. The molecule has 0 amide bonds. The van der Waals surface area contributed by atoms with Crippen LogP contribution in [-0.4, -0.2) is 22.9 Å². The zero-order valence-corrected chi connectivity index (χ0v) is 9.57. The Morgan fingerprint density at radius 1 is 1.44 bits per heavy atom. The summed E-state index contributed by atoms with van der Waals surface area (Å²) >= 11 is 0. The van der Waals surface area contributed by atoms with Crippen molar-refractivity contribution >= 4 is 0 Å². The number of aliphatic hydroxyl groups excluding tert-OH is 1. The minimum atomic E-state index is -0.456. The summed E-state index contributed by atoms with van der Waals surface area (Å²) in [5.74, 6) is -0.518. The molecule has 0 radical (unpaired) electrons. The van der Waals surface area contributed by atoms with Crippen LogP contribution >= 0.6 is 0 Å². The van der Waals surface area contributed by atoms with Gasteiger partial charge in [-0.1, -0.05) is 13.0 Å². The highest BCUT2D eigenvalue weighted by Gasteiger charge is 2.14. The van der Waals surface area contributed by atoms with E-state index in [0.29, 0.717) is 5.56 Å². The highest BCUT2D eigenvalue weighted by Crippen LogP contribution is 2.25. The quantitative estimate of drug-likeness (QED) is 0.720. The van der Waals surface area contributed by atoms with Gasteiger partial charge in [-0.05, 0) is 19.4 Å². The SMILES string of the molecule is CC[C@H](CO)NC(C)c1ccc(F)cc1O. The van der Waals surface area contributed by atoms with Crippen LogP contribution in [0.5, 0.6) is 5.75 Å². The van der Waals surface area contributed by atoms with Gasteiger partial charge in [-0.15, -0.1) is 0 Å². The Balaban J connectivity index is 2.76. The molecule has 16 heavy (non-hydrogen) atoms. The zero-order valence-electron chi connectivity index (χ0n) is 9.57. The molecule has 90 valence electrons. The lowest BCUT2D eigenvalue weighted by molar-refractivity contribution is 0.229. The van der Waals surface area contributed by atoms with Gasteiger partial charge in [0.1, 0.15) is 11.6 Å². The molecule has 4 heteroatoms. The average molecular weight is 227 g/mol. The summed E-state index contributed by atoms with van der Waals surface area (Å²) in [5.41, 5.74) is 0.633. The van der Waals surface area contributed by atoms with Gasteiger partial charge in [0, 0.05) is 23.7 Å². The maximum atomic E-state index is 12.8. The fourth-order valence-electron chi connectivity index (χ4n) is 1.63. The molecule has 0 aliphatic heterocycles. The Hall–Kier alpha value is -1.13. The molecule has 3 nitrogen and oxygen atoms in total. The normalized spacial score (nSPS) is 14.8. The van der Waals surface area contributed by atoms with Crippen molar-refractivity contribution in [3.63, 3.8) is 0 Å². The van der Waals surface area contributed by atoms with Crippen LogP contribution in [0.3, 0.4) is 0 Å². The Labute approximate surface area is 94.9 Å². The Bertz CT molecular complexity index is 340. The number of aromatic hydroxyl groups is 1. The van der Waals surface area contributed by atoms with Crippen molar-refractivity contribution in [3.8, 4) is 5.75 Å². The number of nitrogens with one attached hydrogen (secondary N) is 1. The predicted molar refractivity (Wildman–Crippen MR) is 60.8 cm³/mol. The second-order valence-electron chi connectivity index (χ2n) is 3.88. The fourth-order valence-corrected chi connectivity index (χ4v) is 1.63. The van der Waals surface area contributed by atoms with Gasteiger partial charge in [0.25, 0.3) is 0 Å². The molecule has 2 atom stereocenters. The molecule has 0 fully saturated rings. The molecule has 1 rings (SSSR count). The minimum Gasteiger partial charge on any atom is -0.508 e. The van der Waals surface area contributed by atoms with Gasteiger partial charge in [0.15, 0.2) is 0 Å². The van der Waals surface area contributed by atoms with Gasteiger partial charge >= 0.3 is 0 Å². The van der Waals surface area contributed by atoms with E-state index in [-0.39, 0.29) is 24.4 Å². The molecule has 0 spiro atoms. The third kappa shape index (κ3) is 3.18. The van der Waals surface area contributed by atoms with E-state index in [1.807, 2.05) is 13.8 Å². The number of hydrogen-bond acceptors (Lipinski definition) is 3. The first kappa shape index (κ1) is 12.9. The molecule has 0 saturated heterocycles. The molecule has 0 aromatic heterocycles. The highest BCUT2D eigenvalue weighted by molar-refractivity contribution is 5.34. The van der Waals surface area contributed by atoms with Gasteiger partial charge < -0.3 is 15.5 Å². The fraction of sp³-hybridized carbons (Fsp3) is 0.500. The summed E-state index contributed by atoms with van der Waals surface area (Å²) in [4.78, 5) is 0. The van der Waals surface area contributed by atoms with E-state index >= 15 is 0 Å². The first-order valence-corrected chi connectivity index (χ1v) is 5.43. The molecule has 0 heterocycles. The second kappa shape index (κ2) is 5.82. The molecule has 0 aliphatic rings. The molecular formula is C12H18FNO2. The predicted octanol–water partition coefficient (Wildman–Crippen LogP) is 1.95. The van der Waals surface area contributed by atoms with Gasteiger partial charge in [-0.25, -0.2) is 4.39 Å². The highest BCUT2D eigenvalue weighted by atomic mass is 19.1. The van der Waals surface area contributed by atoms with Crippen molar-refractivity contribution in [2.75, 3.05) is 6.61 Å². The topological polar surface area (TPSA) is 52.5 Å². The summed E-state index contributed by atoms with van der Waals surface area (Å²) in [6.07, 6.45) is 0.794. The second-order valence-corrected chi connectivity index (χ2v) is 3.88. The summed E-state index contributed by atoms with van der Waals surface area (Å²) in [7, 11) is 0. The molecule has 1 unspecified atom stereocenters. The van der Waals surface area contributed by atoms with Crippen molar-refractivity contribution in [1.29, 1.82) is 0 Å². The van der Waals surface area contributed by atoms with Crippen LogP contribution in [0.2, 0.25) is 0 Å². The molecule has 1 aromatic carbocycles. The number of phenolic OH excluding ortho intramolecular Hbond substituents is 1. The third-order valence-electron chi connectivity index (χ3n) is 2.66. The molecule has 3 N–H and O–H groups in total. The van der Waals surface area contributed by atoms with E-state index in [4.69, 9.17) is 5.11 Å². The van der Waals surface area contributed by atoms with E-state index in [9.17, 15) is 9.50 Å². The van der Waals surface area contributed by atoms with Crippen LogP contribution in [0.25, 0.3) is 0 Å². The van der Waals surface area contributed by atoms with Crippen LogP contribution in [0.15, 0.2) is 18.2 Å². The molecule has 0 saturated carbocycles. The van der Waals surface area contributed by atoms with E-state index < -0.39 is 5.82 Å². The van der Waals surface area contributed by atoms with Crippen LogP contribution in [0.1, 0.15) is 31.9 Å². The monoisotopic (exact) mass is 227 g/mol. The van der Waals surface area contributed by atoms with E-state index in [2.05, 4.69) is 5.32 Å². The maximum Gasteiger partial charge on any atom is 0.126 e. The van der Waals surface area contributed by atoms with Crippen LogP contribution in [-0.2, 0) is 0 Å². The lowest BCUT2D eigenvalue weighted by Gasteiger charge is -2.21. The number of phenols is 1. The smallest absolute Gasteiger partial charge is 0.126 e. The van der Waals surface area contributed by atoms with E-state index in [1.54, 1.807) is 6.07 Å². The van der Waals surface area contributed by atoms with Crippen molar-refractivity contribution in [2.45, 2.75) is 32.4 Å². The van der Waals surface area contributed by atoms with Crippen molar-refractivity contribution < 1.29 is 14.6 Å². The van der Waals surface area contributed by atoms with Gasteiger partial charge in [0.05, 0.1) is 6.61 Å². The molecular weight excluding hydrogens is 209 g/mol. The molecule has 1 aromatic rings. The lowest BCUT2D eigenvalue weighted by Crippen LogP contribution is -2.33. The van der Waals surface area contributed by atoms with E-state index in [1.165, 1.54) is 6.07 Å². The summed E-state index contributed by atoms with van der Waals surface area (Å²) in [6.45, 7) is 3.87. The summed E-state index contributed by atoms with van der Waals surface area (Å²) < 4.78 is 12.8. The maximum absolute atomic E-state index is 12.8. The van der Waals surface area contributed by atoms with Crippen LogP contribution in [0.4, 0.5) is 4.39 Å². The van der Waals surface area contributed by atoms with Gasteiger partial charge in [-0.3, -0.25) is 0 Å². The summed E-state index contributed by atoms with van der Waals surface area (Å²) in [6, 6.07) is 3.81. The first-order chi connectivity index (χ1) is 7.58.